The van der Waals surface area contributed by atoms with Crippen LogP contribution in [0.15, 0.2) is 24.3 Å². The van der Waals surface area contributed by atoms with Gasteiger partial charge in [0.2, 0.25) is 0 Å². The van der Waals surface area contributed by atoms with Crippen molar-refractivity contribution in [3.05, 3.63) is 35.6 Å². The van der Waals surface area contributed by atoms with Gasteiger partial charge in [-0.3, -0.25) is 0 Å². The van der Waals surface area contributed by atoms with Crippen molar-refractivity contribution in [1.29, 1.82) is 0 Å². The SMILES string of the molecule is O=CC1(c2ccccc2F)COC1. The third kappa shape index (κ3) is 1.16. The van der Waals surface area contributed by atoms with E-state index in [-0.39, 0.29) is 19.0 Å². The van der Waals surface area contributed by atoms with Crippen molar-refractivity contribution < 1.29 is 13.9 Å². The van der Waals surface area contributed by atoms with Gasteiger partial charge in [0.05, 0.1) is 13.2 Å². The summed E-state index contributed by atoms with van der Waals surface area (Å²) in [4.78, 5) is 10.8. The van der Waals surface area contributed by atoms with E-state index >= 15 is 0 Å². The molecule has 0 saturated carbocycles. The molecule has 0 spiro atoms. The van der Waals surface area contributed by atoms with Crippen molar-refractivity contribution in [2.45, 2.75) is 5.41 Å². The van der Waals surface area contributed by atoms with Crippen LogP contribution in [0.4, 0.5) is 4.39 Å². The molecule has 2 rings (SSSR count). The van der Waals surface area contributed by atoms with E-state index in [9.17, 15) is 9.18 Å². The van der Waals surface area contributed by atoms with Crippen molar-refractivity contribution in [3.63, 3.8) is 0 Å². The summed E-state index contributed by atoms with van der Waals surface area (Å²) in [7, 11) is 0. The van der Waals surface area contributed by atoms with E-state index in [1.807, 2.05) is 0 Å². The molecular weight excluding hydrogens is 171 g/mol. The van der Waals surface area contributed by atoms with Crippen molar-refractivity contribution in [1.82, 2.24) is 0 Å². The minimum absolute atomic E-state index is 0.289. The highest BCUT2D eigenvalue weighted by atomic mass is 19.1. The number of hydrogen-bond donors (Lipinski definition) is 0. The molecule has 1 aromatic rings. The Morgan fingerprint density at radius 3 is 2.54 bits per heavy atom. The normalized spacial score (nSPS) is 19.2. The summed E-state index contributed by atoms with van der Waals surface area (Å²) in [5.74, 6) is -0.335. The van der Waals surface area contributed by atoms with Gasteiger partial charge in [0.1, 0.15) is 17.5 Å². The molecule has 0 bridgehead atoms. The average molecular weight is 180 g/mol. The Balaban J connectivity index is 2.44. The van der Waals surface area contributed by atoms with Crippen molar-refractivity contribution in [2.24, 2.45) is 0 Å². The number of carbonyl (C=O) groups is 1. The fraction of sp³-hybridized carbons (Fsp3) is 0.300. The van der Waals surface area contributed by atoms with Crippen molar-refractivity contribution in [3.8, 4) is 0 Å². The van der Waals surface area contributed by atoms with Crippen LogP contribution >= 0.6 is 0 Å². The van der Waals surface area contributed by atoms with Gasteiger partial charge in [-0.25, -0.2) is 4.39 Å². The summed E-state index contributed by atoms with van der Waals surface area (Å²) in [6.07, 6.45) is 0.773. The predicted octanol–water partition coefficient (Wildman–Crippen LogP) is 1.29. The molecule has 1 aliphatic heterocycles. The van der Waals surface area contributed by atoms with Gasteiger partial charge in [-0.05, 0) is 6.07 Å². The van der Waals surface area contributed by atoms with Crippen molar-refractivity contribution >= 4 is 6.29 Å². The summed E-state index contributed by atoms with van der Waals surface area (Å²) in [5, 5.41) is 0. The third-order valence-electron chi connectivity index (χ3n) is 2.36. The standard InChI is InChI=1S/C10H9FO2/c11-9-4-2-1-3-8(9)10(5-12)6-13-7-10/h1-5H,6-7H2. The van der Waals surface area contributed by atoms with Gasteiger partial charge in [-0.1, -0.05) is 18.2 Å². The molecule has 1 heterocycles. The molecule has 0 amide bonds. The first-order chi connectivity index (χ1) is 6.28. The third-order valence-corrected chi connectivity index (χ3v) is 2.36. The topological polar surface area (TPSA) is 26.3 Å². The quantitative estimate of drug-likeness (QED) is 0.641. The van der Waals surface area contributed by atoms with E-state index in [1.165, 1.54) is 6.07 Å². The van der Waals surface area contributed by atoms with E-state index in [1.54, 1.807) is 18.2 Å². The van der Waals surface area contributed by atoms with Crippen LogP contribution in [0.2, 0.25) is 0 Å². The van der Waals surface area contributed by atoms with Crippen LogP contribution < -0.4 is 0 Å². The molecule has 1 saturated heterocycles. The Bertz CT molecular complexity index is 331. The molecule has 68 valence electrons. The Labute approximate surface area is 75.3 Å². The van der Waals surface area contributed by atoms with Crippen LogP contribution in [-0.4, -0.2) is 19.5 Å². The minimum Gasteiger partial charge on any atom is -0.378 e. The maximum atomic E-state index is 13.3. The van der Waals surface area contributed by atoms with Gasteiger partial charge in [-0.2, -0.15) is 0 Å². The first-order valence-corrected chi connectivity index (χ1v) is 4.08. The van der Waals surface area contributed by atoms with Crippen LogP contribution in [0.3, 0.4) is 0 Å². The second-order valence-electron chi connectivity index (χ2n) is 3.25. The number of carbonyl (C=O) groups excluding carboxylic acids is 1. The lowest BCUT2D eigenvalue weighted by Gasteiger charge is -2.36. The monoisotopic (exact) mass is 180 g/mol. The van der Waals surface area contributed by atoms with Gasteiger partial charge in [0.15, 0.2) is 0 Å². The fourth-order valence-corrected chi connectivity index (χ4v) is 1.47. The Morgan fingerprint density at radius 1 is 1.38 bits per heavy atom. The Hall–Kier alpha value is -1.22. The Morgan fingerprint density at radius 2 is 2.08 bits per heavy atom. The average Bonchev–Trinajstić information content (AvgIpc) is 2.07. The summed E-state index contributed by atoms with van der Waals surface area (Å²) in [6.45, 7) is 0.578. The van der Waals surface area contributed by atoms with Crippen LogP contribution in [-0.2, 0) is 14.9 Å². The lowest BCUT2D eigenvalue weighted by molar-refractivity contribution is -0.130. The molecular formula is C10H9FO2. The van der Waals surface area contributed by atoms with E-state index in [2.05, 4.69) is 0 Å². The highest BCUT2D eigenvalue weighted by molar-refractivity contribution is 5.70. The molecule has 3 heteroatoms. The molecule has 1 fully saturated rings. The number of benzene rings is 1. The lowest BCUT2D eigenvalue weighted by Crippen LogP contribution is -2.48. The second-order valence-corrected chi connectivity index (χ2v) is 3.25. The number of rotatable bonds is 2. The van der Waals surface area contributed by atoms with Gasteiger partial charge < -0.3 is 9.53 Å². The summed E-state index contributed by atoms with van der Waals surface area (Å²) >= 11 is 0. The van der Waals surface area contributed by atoms with Crippen LogP contribution in [0.25, 0.3) is 0 Å². The number of aldehydes is 1. The maximum Gasteiger partial charge on any atom is 0.135 e. The van der Waals surface area contributed by atoms with Crippen LogP contribution in [0, 0.1) is 5.82 Å². The summed E-state index contributed by atoms with van der Waals surface area (Å²) in [6, 6.07) is 6.32. The zero-order valence-corrected chi connectivity index (χ0v) is 7.00. The predicted molar refractivity (Wildman–Crippen MR) is 45.0 cm³/mol. The lowest BCUT2D eigenvalue weighted by atomic mass is 9.80. The smallest absolute Gasteiger partial charge is 0.135 e. The van der Waals surface area contributed by atoms with Crippen LogP contribution in [0.5, 0.6) is 0 Å². The van der Waals surface area contributed by atoms with Crippen molar-refractivity contribution in [2.75, 3.05) is 13.2 Å². The van der Waals surface area contributed by atoms with E-state index < -0.39 is 5.41 Å². The van der Waals surface area contributed by atoms with E-state index in [4.69, 9.17) is 4.74 Å². The highest BCUT2D eigenvalue weighted by Gasteiger charge is 2.42. The van der Waals surface area contributed by atoms with E-state index in [0.29, 0.717) is 5.56 Å². The molecule has 13 heavy (non-hydrogen) atoms. The first kappa shape index (κ1) is 8.38. The molecule has 0 aliphatic carbocycles. The molecule has 1 aromatic carbocycles. The molecule has 1 aliphatic rings. The van der Waals surface area contributed by atoms with Gasteiger partial charge in [0.25, 0.3) is 0 Å². The fourth-order valence-electron chi connectivity index (χ4n) is 1.47. The van der Waals surface area contributed by atoms with Gasteiger partial charge >= 0.3 is 0 Å². The second kappa shape index (κ2) is 2.92. The maximum absolute atomic E-state index is 13.3. The first-order valence-electron chi connectivity index (χ1n) is 4.08. The van der Waals surface area contributed by atoms with Gasteiger partial charge in [-0.15, -0.1) is 0 Å². The largest absolute Gasteiger partial charge is 0.378 e. The zero-order chi connectivity index (χ0) is 9.31. The molecule has 0 N–H and O–H groups in total. The summed E-state index contributed by atoms with van der Waals surface area (Å²) in [5.41, 5.74) is -0.290. The minimum atomic E-state index is -0.731. The summed E-state index contributed by atoms with van der Waals surface area (Å²) < 4.78 is 18.2. The van der Waals surface area contributed by atoms with E-state index in [0.717, 1.165) is 6.29 Å². The molecule has 2 nitrogen and oxygen atoms in total. The molecule has 0 radical (unpaired) electrons. The number of ether oxygens (including phenoxy) is 1. The van der Waals surface area contributed by atoms with Crippen LogP contribution in [0.1, 0.15) is 5.56 Å². The molecule has 0 aromatic heterocycles. The molecule has 0 unspecified atom stereocenters. The molecule has 0 atom stereocenters. The number of halogens is 1. The Kier molecular flexibility index (Phi) is 1.88. The van der Waals surface area contributed by atoms with Gasteiger partial charge in [0, 0.05) is 5.56 Å². The zero-order valence-electron chi connectivity index (χ0n) is 7.00. The highest BCUT2D eigenvalue weighted by Crippen LogP contribution is 2.31. The number of hydrogen-bond acceptors (Lipinski definition) is 2.